The topological polar surface area (TPSA) is 76.1 Å². The summed E-state index contributed by atoms with van der Waals surface area (Å²) in [6.45, 7) is 10.1. The largest absolute Gasteiger partial charge is 0.367 e. The van der Waals surface area contributed by atoms with Crippen molar-refractivity contribution in [3.63, 3.8) is 0 Å². The number of hydrogen-bond donors (Lipinski definition) is 2. The second-order valence-corrected chi connectivity index (χ2v) is 7.24. The molecule has 6 nitrogen and oxygen atoms in total. The summed E-state index contributed by atoms with van der Waals surface area (Å²) in [5.74, 6) is 0. The zero-order valence-electron chi connectivity index (χ0n) is 12.6. The number of anilines is 1. The molecule has 0 radical (unpaired) electrons. The van der Waals surface area contributed by atoms with Crippen LogP contribution in [-0.4, -0.2) is 33.5 Å². The Labute approximate surface area is 123 Å². The highest BCUT2D eigenvalue weighted by atomic mass is 32.1. The van der Waals surface area contributed by atoms with Crippen LogP contribution in [0.2, 0.25) is 0 Å². The molecule has 2 heterocycles. The van der Waals surface area contributed by atoms with Gasteiger partial charge in [0.25, 0.3) is 0 Å². The molecule has 0 spiro atoms. The van der Waals surface area contributed by atoms with Crippen LogP contribution >= 0.6 is 11.3 Å². The fourth-order valence-corrected chi connectivity index (χ4v) is 3.20. The predicted molar refractivity (Wildman–Crippen MR) is 79.1 cm³/mol. The smallest absolute Gasteiger partial charge is 0.321 e. The van der Waals surface area contributed by atoms with Crippen LogP contribution in [0.4, 0.5) is 9.93 Å². The van der Waals surface area contributed by atoms with Crippen molar-refractivity contribution < 1.29 is 9.53 Å². The van der Waals surface area contributed by atoms with Crippen LogP contribution < -0.4 is 10.6 Å². The summed E-state index contributed by atoms with van der Waals surface area (Å²) in [7, 11) is 0. The van der Waals surface area contributed by atoms with Gasteiger partial charge < -0.3 is 10.1 Å². The summed E-state index contributed by atoms with van der Waals surface area (Å²) in [5.41, 5.74) is -0.601. The summed E-state index contributed by atoms with van der Waals surface area (Å²) < 4.78 is 5.95. The molecule has 2 amide bonds. The van der Waals surface area contributed by atoms with E-state index in [1.54, 1.807) is 0 Å². The monoisotopic (exact) mass is 298 g/mol. The molecule has 0 aromatic carbocycles. The van der Waals surface area contributed by atoms with E-state index in [0.717, 1.165) is 17.8 Å². The zero-order valence-corrected chi connectivity index (χ0v) is 13.4. The van der Waals surface area contributed by atoms with Crippen molar-refractivity contribution in [1.82, 2.24) is 15.5 Å². The molecule has 1 aliphatic heterocycles. The molecule has 0 aliphatic carbocycles. The maximum absolute atomic E-state index is 12.0. The standard InChI is InChI=1S/C13H22N4O2S/c1-6-9-16-17-11(20-9)15-10(18)14-8-7-12(2,3)19-13(8,4)5/h8H,6-7H2,1-5H3,(H2,14,15,17,18)/t8-/m1/s1. The lowest BCUT2D eigenvalue weighted by molar-refractivity contribution is -0.0689. The minimum atomic E-state index is -0.378. The van der Waals surface area contributed by atoms with Gasteiger partial charge in [-0.25, -0.2) is 4.79 Å². The molecule has 1 atom stereocenters. The van der Waals surface area contributed by atoms with Gasteiger partial charge in [-0.1, -0.05) is 18.3 Å². The number of amides is 2. The van der Waals surface area contributed by atoms with Crippen molar-refractivity contribution in [2.24, 2.45) is 0 Å². The molecule has 1 fully saturated rings. The lowest BCUT2D eigenvalue weighted by atomic mass is 9.95. The third kappa shape index (κ3) is 3.46. The first-order chi connectivity index (χ1) is 9.22. The third-order valence-electron chi connectivity index (χ3n) is 3.37. The Morgan fingerprint density at radius 2 is 2.10 bits per heavy atom. The predicted octanol–water partition coefficient (Wildman–Crippen LogP) is 2.57. The number of ether oxygens (including phenoxy) is 1. The van der Waals surface area contributed by atoms with Gasteiger partial charge in [0.15, 0.2) is 0 Å². The fourth-order valence-electron chi connectivity index (χ4n) is 2.53. The van der Waals surface area contributed by atoms with E-state index in [9.17, 15) is 4.79 Å². The Morgan fingerprint density at radius 1 is 1.40 bits per heavy atom. The normalized spacial score (nSPS) is 23.6. The van der Waals surface area contributed by atoms with Crippen LogP contribution in [0.5, 0.6) is 0 Å². The van der Waals surface area contributed by atoms with E-state index >= 15 is 0 Å². The Hall–Kier alpha value is -1.21. The number of carbonyl (C=O) groups excluding carboxylic acids is 1. The minimum absolute atomic E-state index is 0.0314. The SMILES string of the molecule is CCc1nnc(NC(=O)N[C@@H]2CC(C)(C)OC2(C)C)s1. The number of nitrogens with zero attached hydrogens (tertiary/aromatic N) is 2. The first-order valence-corrected chi connectivity index (χ1v) is 7.63. The summed E-state index contributed by atoms with van der Waals surface area (Å²) >= 11 is 1.39. The van der Waals surface area contributed by atoms with Crippen molar-refractivity contribution in [1.29, 1.82) is 0 Å². The second-order valence-electron chi connectivity index (χ2n) is 6.17. The summed E-state index contributed by atoms with van der Waals surface area (Å²) in [4.78, 5) is 12.0. The van der Waals surface area contributed by atoms with E-state index in [0.29, 0.717) is 5.13 Å². The van der Waals surface area contributed by atoms with Crippen molar-refractivity contribution in [2.45, 2.75) is 64.7 Å². The number of hydrogen-bond acceptors (Lipinski definition) is 5. The number of aromatic nitrogens is 2. The third-order valence-corrected chi connectivity index (χ3v) is 4.35. The van der Waals surface area contributed by atoms with Crippen molar-refractivity contribution in [3.05, 3.63) is 5.01 Å². The minimum Gasteiger partial charge on any atom is -0.367 e. The summed E-state index contributed by atoms with van der Waals surface area (Å²) in [5, 5.41) is 15.0. The fraction of sp³-hybridized carbons (Fsp3) is 0.769. The van der Waals surface area contributed by atoms with Crippen LogP contribution in [0.25, 0.3) is 0 Å². The number of urea groups is 1. The first-order valence-electron chi connectivity index (χ1n) is 6.82. The molecule has 1 saturated heterocycles. The average Bonchev–Trinajstić information content (AvgIpc) is 2.81. The Morgan fingerprint density at radius 3 is 2.60 bits per heavy atom. The molecule has 7 heteroatoms. The lowest BCUT2D eigenvalue weighted by Gasteiger charge is -2.27. The van der Waals surface area contributed by atoms with Crippen molar-refractivity contribution in [2.75, 3.05) is 5.32 Å². The van der Waals surface area contributed by atoms with Gasteiger partial charge in [-0.2, -0.15) is 0 Å². The van der Waals surface area contributed by atoms with E-state index in [2.05, 4.69) is 20.8 Å². The van der Waals surface area contributed by atoms with Crippen LogP contribution in [0.3, 0.4) is 0 Å². The van der Waals surface area contributed by atoms with E-state index in [1.165, 1.54) is 11.3 Å². The van der Waals surface area contributed by atoms with Crippen LogP contribution in [-0.2, 0) is 11.2 Å². The molecular weight excluding hydrogens is 276 g/mol. The highest BCUT2D eigenvalue weighted by Crippen LogP contribution is 2.37. The summed E-state index contributed by atoms with van der Waals surface area (Å²) in [6.07, 6.45) is 1.60. The van der Waals surface area contributed by atoms with Gasteiger partial charge in [-0.3, -0.25) is 5.32 Å². The van der Waals surface area contributed by atoms with E-state index in [1.807, 2.05) is 34.6 Å². The van der Waals surface area contributed by atoms with Crippen LogP contribution in [0, 0.1) is 0 Å². The highest BCUT2D eigenvalue weighted by molar-refractivity contribution is 7.15. The molecule has 2 N–H and O–H groups in total. The molecule has 20 heavy (non-hydrogen) atoms. The molecule has 1 aromatic rings. The van der Waals surface area contributed by atoms with Crippen LogP contribution in [0.15, 0.2) is 0 Å². The van der Waals surface area contributed by atoms with E-state index in [-0.39, 0.29) is 23.3 Å². The molecule has 2 rings (SSSR count). The van der Waals surface area contributed by atoms with Gasteiger partial charge >= 0.3 is 6.03 Å². The van der Waals surface area contributed by atoms with Gasteiger partial charge in [0.2, 0.25) is 5.13 Å². The summed E-state index contributed by atoms with van der Waals surface area (Å²) in [6, 6.07) is -0.292. The number of carbonyl (C=O) groups is 1. The maximum atomic E-state index is 12.0. The van der Waals surface area contributed by atoms with Gasteiger partial charge in [-0.15, -0.1) is 10.2 Å². The molecular formula is C13H22N4O2S. The molecule has 0 bridgehead atoms. The van der Waals surface area contributed by atoms with E-state index in [4.69, 9.17) is 4.74 Å². The number of nitrogens with one attached hydrogen (secondary N) is 2. The van der Waals surface area contributed by atoms with Crippen molar-refractivity contribution >= 4 is 22.5 Å². The molecule has 1 aliphatic rings. The number of aryl methyl sites for hydroxylation is 1. The molecule has 0 saturated carbocycles. The Balaban J connectivity index is 1.94. The molecule has 112 valence electrons. The zero-order chi connectivity index (χ0) is 15.0. The van der Waals surface area contributed by atoms with Crippen LogP contribution in [0.1, 0.15) is 46.0 Å². The second kappa shape index (κ2) is 5.29. The quantitative estimate of drug-likeness (QED) is 0.899. The number of rotatable bonds is 3. The molecule has 1 aromatic heterocycles. The molecule has 0 unspecified atom stereocenters. The van der Waals surface area contributed by atoms with Gasteiger partial charge in [0.05, 0.1) is 17.2 Å². The van der Waals surface area contributed by atoms with Crippen molar-refractivity contribution in [3.8, 4) is 0 Å². The van der Waals surface area contributed by atoms with Gasteiger partial charge in [0.1, 0.15) is 5.01 Å². The maximum Gasteiger partial charge on any atom is 0.321 e. The highest BCUT2D eigenvalue weighted by Gasteiger charge is 2.46. The first kappa shape index (κ1) is 15.2. The van der Waals surface area contributed by atoms with Gasteiger partial charge in [-0.05, 0) is 40.5 Å². The lowest BCUT2D eigenvalue weighted by Crippen LogP contribution is -2.47. The Kier molecular flexibility index (Phi) is 4.02. The Bertz CT molecular complexity index is 498. The average molecular weight is 298 g/mol. The van der Waals surface area contributed by atoms with E-state index < -0.39 is 0 Å². The van der Waals surface area contributed by atoms with Gasteiger partial charge in [0, 0.05) is 0 Å².